The Morgan fingerprint density at radius 1 is 1.06 bits per heavy atom. The Hall–Kier alpha value is -0.810. The molecule has 0 unspecified atom stereocenters. The van der Waals surface area contributed by atoms with E-state index >= 15 is 0 Å². The molecular formula is C13H26N4O. The Balaban J connectivity index is 1.66. The summed E-state index contributed by atoms with van der Waals surface area (Å²) in [6.07, 6.45) is 7.13. The van der Waals surface area contributed by atoms with Crippen LogP contribution in [0, 0.1) is 5.92 Å². The molecule has 0 aromatic carbocycles. The van der Waals surface area contributed by atoms with E-state index in [2.05, 4.69) is 15.0 Å². The van der Waals surface area contributed by atoms with E-state index in [1.807, 2.05) is 0 Å². The predicted octanol–water partition coefficient (Wildman–Crippen LogP) is 0.931. The number of rotatable bonds is 4. The van der Waals surface area contributed by atoms with Gasteiger partial charge in [0.25, 0.3) is 0 Å². The standard InChI is InChI=1S/C13H26N4O/c14-13(15-18)11-17-8-6-16(7-9-17)10-12-4-2-1-3-5-12/h12,18H,1-11H2,(H2,14,15). The zero-order valence-electron chi connectivity index (χ0n) is 11.2. The molecule has 0 aromatic rings. The Kier molecular flexibility index (Phi) is 5.26. The maximum absolute atomic E-state index is 8.56. The third-order valence-corrected chi connectivity index (χ3v) is 4.22. The Labute approximate surface area is 110 Å². The first kappa shape index (κ1) is 13.6. The second-order valence-corrected chi connectivity index (χ2v) is 5.67. The van der Waals surface area contributed by atoms with Gasteiger partial charge in [-0.05, 0) is 18.8 Å². The van der Waals surface area contributed by atoms with Gasteiger partial charge < -0.3 is 15.8 Å². The van der Waals surface area contributed by atoms with Crippen molar-refractivity contribution >= 4 is 5.84 Å². The SMILES string of the molecule is N/C(CN1CCN(CC2CCCCC2)CC1)=N\O. The minimum atomic E-state index is 0.315. The lowest BCUT2D eigenvalue weighted by Crippen LogP contribution is -2.49. The van der Waals surface area contributed by atoms with Gasteiger partial charge in [-0.2, -0.15) is 0 Å². The van der Waals surface area contributed by atoms with Gasteiger partial charge in [-0.25, -0.2) is 0 Å². The van der Waals surface area contributed by atoms with Crippen LogP contribution in [-0.4, -0.2) is 60.1 Å². The molecule has 0 aromatic heterocycles. The molecule has 0 atom stereocenters. The summed E-state index contributed by atoms with van der Waals surface area (Å²) in [6.45, 7) is 6.17. The molecule has 1 aliphatic heterocycles. The normalized spacial score (nSPS) is 25.4. The lowest BCUT2D eigenvalue weighted by Gasteiger charge is -2.37. The first-order valence-corrected chi connectivity index (χ1v) is 7.19. The van der Waals surface area contributed by atoms with Gasteiger partial charge in [-0.3, -0.25) is 4.90 Å². The summed E-state index contributed by atoms with van der Waals surface area (Å²) in [5.41, 5.74) is 5.53. The molecule has 0 spiro atoms. The van der Waals surface area contributed by atoms with Crippen molar-refractivity contribution in [3.8, 4) is 0 Å². The van der Waals surface area contributed by atoms with Gasteiger partial charge in [-0.1, -0.05) is 24.4 Å². The molecule has 0 amide bonds. The summed E-state index contributed by atoms with van der Waals surface area (Å²) in [5, 5.41) is 11.6. The van der Waals surface area contributed by atoms with Crippen LogP contribution in [-0.2, 0) is 0 Å². The molecule has 5 nitrogen and oxygen atoms in total. The van der Waals surface area contributed by atoms with Gasteiger partial charge in [0, 0.05) is 32.7 Å². The molecule has 0 bridgehead atoms. The van der Waals surface area contributed by atoms with Crippen LogP contribution >= 0.6 is 0 Å². The number of hydrogen-bond acceptors (Lipinski definition) is 4. The highest BCUT2D eigenvalue weighted by molar-refractivity contribution is 5.81. The fourth-order valence-corrected chi connectivity index (χ4v) is 3.13. The van der Waals surface area contributed by atoms with Crippen molar-refractivity contribution in [2.75, 3.05) is 39.3 Å². The third kappa shape index (κ3) is 4.14. The molecule has 1 saturated carbocycles. The van der Waals surface area contributed by atoms with Crippen LogP contribution in [0.5, 0.6) is 0 Å². The number of amidine groups is 1. The molecule has 18 heavy (non-hydrogen) atoms. The van der Waals surface area contributed by atoms with Crippen molar-refractivity contribution in [2.45, 2.75) is 32.1 Å². The summed E-state index contributed by atoms with van der Waals surface area (Å²) >= 11 is 0. The van der Waals surface area contributed by atoms with Gasteiger partial charge >= 0.3 is 0 Å². The molecule has 104 valence electrons. The Morgan fingerprint density at radius 3 is 2.28 bits per heavy atom. The highest BCUT2D eigenvalue weighted by atomic mass is 16.4. The van der Waals surface area contributed by atoms with Gasteiger partial charge in [-0.15, -0.1) is 0 Å². The van der Waals surface area contributed by atoms with E-state index in [0.717, 1.165) is 32.1 Å². The van der Waals surface area contributed by atoms with Gasteiger partial charge in [0.2, 0.25) is 0 Å². The second-order valence-electron chi connectivity index (χ2n) is 5.67. The van der Waals surface area contributed by atoms with Crippen molar-refractivity contribution in [3.63, 3.8) is 0 Å². The van der Waals surface area contributed by atoms with Crippen LogP contribution in [0.4, 0.5) is 0 Å². The Morgan fingerprint density at radius 2 is 1.67 bits per heavy atom. The van der Waals surface area contributed by atoms with E-state index in [1.54, 1.807) is 0 Å². The topological polar surface area (TPSA) is 65.1 Å². The third-order valence-electron chi connectivity index (χ3n) is 4.22. The maximum atomic E-state index is 8.56. The first-order chi connectivity index (χ1) is 8.78. The molecule has 1 aliphatic carbocycles. The van der Waals surface area contributed by atoms with E-state index in [1.165, 1.54) is 38.6 Å². The summed E-state index contributed by atoms with van der Waals surface area (Å²) < 4.78 is 0. The number of nitrogens with two attached hydrogens (primary N) is 1. The van der Waals surface area contributed by atoms with E-state index in [0.29, 0.717) is 12.4 Å². The van der Waals surface area contributed by atoms with Gasteiger partial charge in [0.05, 0.1) is 6.54 Å². The quantitative estimate of drug-likeness (QED) is 0.339. The molecule has 3 N–H and O–H groups in total. The molecule has 2 aliphatic rings. The van der Waals surface area contributed by atoms with E-state index in [4.69, 9.17) is 10.9 Å². The predicted molar refractivity (Wildman–Crippen MR) is 72.9 cm³/mol. The molecule has 5 heteroatoms. The number of hydrogen-bond donors (Lipinski definition) is 2. The minimum Gasteiger partial charge on any atom is -0.409 e. The molecule has 2 fully saturated rings. The highest BCUT2D eigenvalue weighted by Gasteiger charge is 2.21. The lowest BCUT2D eigenvalue weighted by atomic mass is 9.89. The smallest absolute Gasteiger partial charge is 0.153 e. The second kappa shape index (κ2) is 6.95. The van der Waals surface area contributed by atoms with Crippen molar-refractivity contribution in [1.29, 1.82) is 0 Å². The van der Waals surface area contributed by atoms with Gasteiger partial charge in [0.1, 0.15) is 0 Å². The van der Waals surface area contributed by atoms with Gasteiger partial charge in [0.15, 0.2) is 5.84 Å². The number of nitrogens with zero attached hydrogens (tertiary/aromatic N) is 3. The fraction of sp³-hybridized carbons (Fsp3) is 0.923. The maximum Gasteiger partial charge on any atom is 0.153 e. The average Bonchev–Trinajstić information content (AvgIpc) is 2.42. The molecule has 0 radical (unpaired) electrons. The van der Waals surface area contributed by atoms with Crippen molar-refractivity contribution in [3.05, 3.63) is 0 Å². The van der Waals surface area contributed by atoms with Crippen LogP contribution in [0.25, 0.3) is 0 Å². The Bertz CT molecular complexity index is 268. The summed E-state index contributed by atoms with van der Waals surface area (Å²) in [5.74, 6) is 1.24. The molecule has 1 saturated heterocycles. The van der Waals surface area contributed by atoms with Crippen molar-refractivity contribution < 1.29 is 5.21 Å². The lowest BCUT2D eigenvalue weighted by molar-refractivity contribution is 0.119. The van der Waals surface area contributed by atoms with Crippen LogP contribution in [0.2, 0.25) is 0 Å². The monoisotopic (exact) mass is 254 g/mol. The minimum absolute atomic E-state index is 0.315. The largest absolute Gasteiger partial charge is 0.409 e. The summed E-state index contributed by atoms with van der Waals surface area (Å²) in [6, 6.07) is 0. The summed E-state index contributed by atoms with van der Waals surface area (Å²) in [4.78, 5) is 4.84. The van der Waals surface area contributed by atoms with E-state index in [9.17, 15) is 0 Å². The summed E-state index contributed by atoms with van der Waals surface area (Å²) in [7, 11) is 0. The van der Waals surface area contributed by atoms with Crippen molar-refractivity contribution in [2.24, 2.45) is 16.8 Å². The van der Waals surface area contributed by atoms with Crippen LogP contribution in [0.1, 0.15) is 32.1 Å². The zero-order chi connectivity index (χ0) is 12.8. The van der Waals surface area contributed by atoms with Crippen LogP contribution < -0.4 is 5.73 Å². The van der Waals surface area contributed by atoms with Crippen LogP contribution in [0.3, 0.4) is 0 Å². The number of piperazine rings is 1. The number of oxime groups is 1. The first-order valence-electron chi connectivity index (χ1n) is 7.19. The van der Waals surface area contributed by atoms with Crippen LogP contribution in [0.15, 0.2) is 5.16 Å². The van der Waals surface area contributed by atoms with E-state index in [-0.39, 0.29) is 0 Å². The van der Waals surface area contributed by atoms with E-state index < -0.39 is 0 Å². The van der Waals surface area contributed by atoms with Crippen molar-refractivity contribution in [1.82, 2.24) is 9.80 Å². The molecule has 1 heterocycles. The zero-order valence-corrected chi connectivity index (χ0v) is 11.2. The average molecular weight is 254 g/mol. The molecule has 2 rings (SSSR count). The fourth-order valence-electron chi connectivity index (χ4n) is 3.13. The molecular weight excluding hydrogens is 228 g/mol. The highest BCUT2D eigenvalue weighted by Crippen LogP contribution is 2.24.